The van der Waals surface area contributed by atoms with Crippen LogP contribution in [-0.2, 0) is 9.59 Å². The average Bonchev–Trinajstić information content (AvgIpc) is 2.96. The van der Waals surface area contributed by atoms with Gasteiger partial charge in [-0.05, 0) is 49.8 Å². The molecule has 8 heteroatoms. The number of methoxy groups -OCH3 is 1. The number of amides is 1. The minimum atomic E-state index is -1.07. The van der Waals surface area contributed by atoms with Gasteiger partial charge in [-0.15, -0.1) is 0 Å². The fraction of sp³-hybridized carbons (Fsp3) is 0.190. The van der Waals surface area contributed by atoms with Crippen molar-refractivity contribution < 1.29 is 24.2 Å². The second-order valence-corrected chi connectivity index (χ2v) is 8.04. The van der Waals surface area contributed by atoms with Crippen LogP contribution in [0.3, 0.4) is 0 Å². The molecule has 0 saturated carbocycles. The molecule has 1 aliphatic heterocycles. The first-order chi connectivity index (χ1) is 13.8. The molecule has 6 nitrogen and oxygen atoms in total. The van der Waals surface area contributed by atoms with Gasteiger partial charge in [0.2, 0.25) is 0 Å². The zero-order valence-electron chi connectivity index (χ0n) is 16.0. The van der Waals surface area contributed by atoms with Crippen LogP contribution in [0.2, 0.25) is 0 Å². The van der Waals surface area contributed by atoms with Crippen molar-refractivity contribution in [1.29, 1.82) is 0 Å². The summed E-state index contributed by atoms with van der Waals surface area (Å²) < 4.78 is 11.2. The van der Waals surface area contributed by atoms with Gasteiger partial charge in [0.1, 0.15) is 0 Å². The van der Waals surface area contributed by atoms with Crippen LogP contribution in [0.25, 0.3) is 6.08 Å². The molecule has 3 rings (SSSR count). The standard InChI is InChI=1S/C21H19NO5S2/c1-12-4-7-15(8-5-12)22-19(23)18(29-21(22)28)11-14-6-9-16(17(10-14)26-3)27-13(2)20(24)25/h4-11,13H,1-3H3,(H,24,25)/b18-11+. The van der Waals surface area contributed by atoms with E-state index in [0.717, 1.165) is 11.3 Å². The summed E-state index contributed by atoms with van der Waals surface area (Å²) in [7, 11) is 1.47. The number of rotatable bonds is 6. The predicted molar refractivity (Wildman–Crippen MR) is 118 cm³/mol. The highest BCUT2D eigenvalue weighted by molar-refractivity contribution is 8.27. The summed E-state index contributed by atoms with van der Waals surface area (Å²) in [6, 6.07) is 12.6. The Morgan fingerprint density at radius 1 is 1.21 bits per heavy atom. The number of aryl methyl sites for hydroxylation is 1. The minimum Gasteiger partial charge on any atom is -0.493 e. The van der Waals surface area contributed by atoms with Gasteiger partial charge in [0, 0.05) is 0 Å². The first-order valence-electron chi connectivity index (χ1n) is 8.72. The topological polar surface area (TPSA) is 76.1 Å². The number of carboxylic acid groups (broad SMARTS) is 1. The number of aliphatic carboxylic acids is 1. The quantitative estimate of drug-likeness (QED) is 0.543. The molecule has 1 amide bonds. The van der Waals surface area contributed by atoms with E-state index in [9.17, 15) is 9.59 Å². The maximum absolute atomic E-state index is 12.9. The highest BCUT2D eigenvalue weighted by atomic mass is 32.2. The molecule has 2 aromatic carbocycles. The van der Waals surface area contributed by atoms with Crippen LogP contribution in [0, 0.1) is 6.92 Å². The summed E-state index contributed by atoms with van der Waals surface area (Å²) in [5.74, 6) is -0.578. The van der Waals surface area contributed by atoms with E-state index >= 15 is 0 Å². The number of thioether (sulfide) groups is 1. The lowest BCUT2D eigenvalue weighted by Crippen LogP contribution is -2.27. The van der Waals surface area contributed by atoms with E-state index in [-0.39, 0.29) is 5.91 Å². The Morgan fingerprint density at radius 2 is 1.90 bits per heavy atom. The monoisotopic (exact) mass is 429 g/mol. The number of hydrogen-bond acceptors (Lipinski definition) is 6. The van der Waals surface area contributed by atoms with E-state index in [2.05, 4.69) is 0 Å². The lowest BCUT2D eigenvalue weighted by molar-refractivity contribution is -0.144. The van der Waals surface area contributed by atoms with Gasteiger partial charge in [0.05, 0.1) is 17.7 Å². The van der Waals surface area contributed by atoms with E-state index in [1.807, 2.05) is 31.2 Å². The summed E-state index contributed by atoms with van der Waals surface area (Å²) >= 11 is 6.62. The van der Waals surface area contributed by atoms with Gasteiger partial charge >= 0.3 is 5.97 Å². The number of nitrogens with zero attached hydrogens (tertiary/aromatic N) is 1. The molecule has 0 aliphatic carbocycles. The second kappa shape index (κ2) is 8.67. The molecule has 0 spiro atoms. The summed E-state index contributed by atoms with van der Waals surface area (Å²) in [6.45, 7) is 3.41. The van der Waals surface area contributed by atoms with E-state index < -0.39 is 12.1 Å². The molecule has 1 fully saturated rings. The van der Waals surface area contributed by atoms with Gasteiger partial charge < -0.3 is 14.6 Å². The van der Waals surface area contributed by atoms with E-state index in [1.165, 1.54) is 30.7 Å². The van der Waals surface area contributed by atoms with Crippen molar-refractivity contribution in [3.63, 3.8) is 0 Å². The number of hydrogen-bond donors (Lipinski definition) is 1. The zero-order chi connectivity index (χ0) is 21.1. The zero-order valence-corrected chi connectivity index (χ0v) is 17.7. The molecule has 1 N–H and O–H groups in total. The van der Waals surface area contributed by atoms with Gasteiger partial charge in [0.15, 0.2) is 21.9 Å². The molecule has 150 valence electrons. The number of carboxylic acids is 1. The van der Waals surface area contributed by atoms with Crippen LogP contribution >= 0.6 is 24.0 Å². The number of ether oxygens (including phenoxy) is 2. The van der Waals surface area contributed by atoms with Crippen molar-refractivity contribution in [2.24, 2.45) is 0 Å². The first-order valence-corrected chi connectivity index (χ1v) is 9.94. The third-order valence-electron chi connectivity index (χ3n) is 4.22. The van der Waals surface area contributed by atoms with Crippen LogP contribution in [0.4, 0.5) is 5.69 Å². The molecule has 1 unspecified atom stereocenters. The Hall–Kier alpha value is -2.84. The van der Waals surface area contributed by atoms with Crippen molar-refractivity contribution in [2.45, 2.75) is 20.0 Å². The van der Waals surface area contributed by atoms with Crippen molar-refractivity contribution in [2.75, 3.05) is 12.0 Å². The van der Waals surface area contributed by atoms with E-state index in [4.69, 9.17) is 26.8 Å². The molecule has 0 radical (unpaired) electrons. The van der Waals surface area contributed by atoms with Gasteiger partial charge in [-0.25, -0.2) is 4.79 Å². The lowest BCUT2D eigenvalue weighted by atomic mass is 10.1. The molecule has 1 atom stereocenters. The molecule has 29 heavy (non-hydrogen) atoms. The molecular weight excluding hydrogens is 410 g/mol. The molecular formula is C21H19NO5S2. The second-order valence-electron chi connectivity index (χ2n) is 6.36. The fourth-order valence-corrected chi connectivity index (χ4v) is 3.95. The highest BCUT2D eigenvalue weighted by Crippen LogP contribution is 2.37. The fourth-order valence-electron chi connectivity index (χ4n) is 2.65. The summed E-state index contributed by atoms with van der Waals surface area (Å²) in [5.41, 5.74) is 2.54. The number of anilines is 1. The SMILES string of the molecule is COc1cc(/C=C2/SC(=S)N(c3ccc(C)cc3)C2=O)ccc1OC(C)C(=O)O. The summed E-state index contributed by atoms with van der Waals surface area (Å²) in [5, 5.41) is 9.01. The Bertz CT molecular complexity index is 1000. The van der Waals surface area contributed by atoms with Crippen LogP contribution in [0.5, 0.6) is 11.5 Å². The Balaban J connectivity index is 1.86. The van der Waals surface area contributed by atoms with Crippen LogP contribution in [0.15, 0.2) is 47.4 Å². The van der Waals surface area contributed by atoms with Gasteiger partial charge in [0.25, 0.3) is 5.91 Å². The summed E-state index contributed by atoms with van der Waals surface area (Å²) in [6.07, 6.45) is 0.709. The first kappa shape index (κ1) is 20.9. The van der Waals surface area contributed by atoms with Crippen molar-refractivity contribution >= 4 is 51.9 Å². The number of carbonyl (C=O) groups is 2. The molecule has 0 aromatic heterocycles. The van der Waals surface area contributed by atoms with Crippen molar-refractivity contribution in [3.8, 4) is 11.5 Å². The number of thiocarbonyl (C=S) groups is 1. The van der Waals surface area contributed by atoms with Gasteiger partial charge in [-0.3, -0.25) is 9.69 Å². The smallest absolute Gasteiger partial charge is 0.344 e. The molecule has 1 aliphatic rings. The average molecular weight is 430 g/mol. The maximum atomic E-state index is 12.9. The van der Waals surface area contributed by atoms with Crippen LogP contribution in [0.1, 0.15) is 18.1 Å². The van der Waals surface area contributed by atoms with Crippen LogP contribution < -0.4 is 14.4 Å². The normalized spacial score (nSPS) is 16.2. The van der Waals surface area contributed by atoms with Gasteiger partial charge in [-0.1, -0.05) is 47.7 Å². The third kappa shape index (κ3) is 4.60. The summed E-state index contributed by atoms with van der Waals surface area (Å²) in [4.78, 5) is 25.9. The van der Waals surface area contributed by atoms with E-state index in [0.29, 0.717) is 26.3 Å². The largest absolute Gasteiger partial charge is 0.493 e. The lowest BCUT2D eigenvalue weighted by Gasteiger charge is -2.15. The number of carbonyl (C=O) groups excluding carboxylic acids is 1. The molecule has 2 aromatic rings. The molecule has 0 bridgehead atoms. The molecule has 1 heterocycles. The number of benzene rings is 2. The van der Waals surface area contributed by atoms with E-state index in [1.54, 1.807) is 24.3 Å². The Kier molecular flexibility index (Phi) is 6.24. The van der Waals surface area contributed by atoms with Crippen LogP contribution in [-0.4, -0.2) is 34.5 Å². The predicted octanol–water partition coefficient (Wildman–Crippen LogP) is 4.26. The molecule has 1 saturated heterocycles. The maximum Gasteiger partial charge on any atom is 0.344 e. The Morgan fingerprint density at radius 3 is 2.52 bits per heavy atom. The van der Waals surface area contributed by atoms with Crippen molar-refractivity contribution in [1.82, 2.24) is 0 Å². The Labute approximate surface area is 178 Å². The van der Waals surface area contributed by atoms with Crippen molar-refractivity contribution in [3.05, 3.63) is 58.5 Å². The highest BCUT2D eigenvalue weighted by Gasteiger charge is 2.33. The minimum absolute atomic E-state index is 0.192. The van der Waals surface area contributed by atoms with Gasteiger partial charge in [-0.2, -0.15) is 0 Å². The third-order valence-corrected chi connectivity index (χ3v) is 5.52.